The van der Waals surface area contributed by atoms with Crippen LogP contribution >= 0.6 is 11.3 Å². The van der Waals surface area contributed by atoms with Crippen molar-refractivity contribution in [2.45, 2.75) is 0 Å². The predicted molar refractivity (Wildman–Crippen MR) is 239 cm³/mol. The van der Waals surface area contributed by atoms with E-state index in [2.05, 4.69) is 205 Å². The fourth-order valence-corrected chi connectivity index (χ4v) is 10.4. The van der Waals surface area contributed by atoms with Gasteiger partial charge in [0.15, 0.2) is 0 Å². The molecular weight excluding hydrogens is 695 g/mol. The van der Waals surface area contributed by atoms with Gasteiger partial charge in [0.2, 0.25) is 0 Å². The first-order chi connectivity index (χ1) is 27.8. The SMILES string of the molecule is c1ccc(-c2ccccc2N(c2ccc(-c3ccc4c(c3)-c3c5cccc3-c3cccc-4c3-c3ccccc3-5)cc2)c2ccc3sc4ccccc4c3c2)cc1. The first kappa shape index (κ1) is 31.4. The molecule has 9 aromatic carbocycles. The molecule has 1 aromatic heterocycles. The summed E-state index contributed by atoms with van der Waals surface area (Å²) < 4.78 is 2.62. The second kappa shape index (κ2) is 12.3. The Morgan fingerprint density at radius 2 is 0.839 bits per heavy atom. The van der Waals surface area contributed by atoms with Crippen molar-refractivity contribution in [3.63, 3.8) is 0 Å². The van der Waals surface area contributed by atoms with E-state index in [0.29, 0.717) is 0 Å². The van der Waals surface area contributed by atoms with Gasteiger partial charge in [0.25, 0.3) is 0 Å². The van der Waals surface area contributed by atoms with E-state index < -0.39 is 0 Å². The molecule has 0 saturated carbocycles. The van der Waals surface area contributed by atoms with Crippen molar-refractivity contribution in [3.8, 4) is 77.9 Å². The van der Waals surface area contributed by atoms with Gasteiger partial charge in [-0.2, -0.15) is 0 Å². The van der Waals surface area contributed by atoms with Crippen molar-refractivity contribution < 1.29 is 0 Å². The van der Waals surface area contributed by atoms with Crippen LogP contribution in [-0.4, -0.2) is 0 Å². The summed E-state index contributed by atoms with van der Waals surface area (Å²) in [6, 6.07) is 74.0. The van der Waals surface area contributed by atoms with Crippen molar-refractivity contribution in [2.75, 3.05) is 4.90 Å². The van der Waals surface area contributed by atoms with E-state index in [0.717, 1.165) is 17.1 Å². The lowest BCUT2D eigenvalue weighted by atomic mass is 9.83. The molecule has 0 atom stereocenters. The minimum Gasteiger partial charge on any atom is -0.310 e. The van der Waals surface area contributed by atoms with E-state index in [9.17, 15) is 0 Å². The van der Waals surface area contributed by atoms with Crippen molar-refractivity contribution in [2.24, 2.45) is 0 Å². The van der Waals surface area contributed by atoms with Gasteiger partial charge in [0.05, 0.1) is 5.69 Å². The third-order valence-corrected chi connectivity index (χ3v) is 12.9. The minimum absolute atomic E-state index is 1.12. The van der Waals surface area contributed by atoms with Crippen LogP contribution in [0.2, 0.25) is 0 Å². The number of thiophene rings is 1. The van der Waals surface area contributed by atoms with Crippen LogP contribution in [0.5, 0.6) is 0 Å². The van der Waals surface area contributed by atoms with Crippen LogP contribution in [0.25, 0.3) is 98.1 Å². The first-order valence-electron chi connectivity index (χ1n) is 19.3. The average Bonchev–Trinajstić information content (AvgIpc) is 3.59. The largest absolute Gasteiger partial charge is 0.310 e. The summed E-state index contributed by atoms with van der Waals surface area (Å²) in [5.74, 6) is 0. The summed E-state index contributed by atoms with van der Waals surface area (Å²) in [4.78, 5) is 2.43. The lowest BCUT2D eigenvalue weighted by Crippen LogP contribution is -2.11. The number of hydrogen-bond donors (Lipinski definition) is 0. The molecule has 2 aliphatic rings. The molecule has 12 rings (SSSR count). The van der Waals surface area contributed by atoms with Gasteiger partial charge in [0, 0.05) is 37.1 Å². The van der Waals surface area contributed by atoms with Crippen LogP contribution < -0.4 is 4.90 Å². The molecule has 56 heavy (non-hydrogen) atoms. The van der Waals surface area contributed by atoms with Gasteiger partial charge in [0.1, 0.15) is 0 Å². The van der Waals surface area contributed by atoms with Crippen LogP contribution in [-0.2, 0) is 0 Å². The Labute approximate surface area is 330 Å². The first-order valence-corrected chi connectivity index (χ1v) is 20.1. The average molecular weight is 728 g/mol. The molecule has 2 aliphatic carbocycles. The maximum Gasteiger partial charge on any atom is 0.0540 e. The van der Waals surface area contributed by atoms with Crippen LogP contribution in [0.4, 0.5) is 17.1 Å². The maximum atomic E-state index is 2.43. The third kappa shape index (κ3) is 4.67. The lowest BCUT2D eigenvalue weighted by molar-refractivity contribution is 1.29. The Morgan fingerprint density at radius 1 is 0.286 bits per heavy atom. The molecule has 0 fully saturated rings. The molecule has 0 radical (unpaired) electrons. The van der Waals surface area contributed by atoms with Gasteiger partial charge in [-0.15, -0.1) is 11.3 Å². The molecule has 0 N–H and O–H groups in total. The normalized spacial score (nSPS) is 11.9. The Balaban J connectivity index is 1.02. The van der Waals surface area contributed by atoms with E-state index in [1.54, 1.807) is 0 Å². The summed E-state index contributed by atoms with van der Waals surface area (Å²) >= 11 is 1.86. The van der Waals surface area contributed by atoms with Crippen LogP contribution in [0.3, 0.4) is 0 Å². The Kier molecular flexibility index (Phi) is 6.87. The van der Waals surface area contributed by atoms with Crippen molar-refractivity contribution in [3.05, 3.63) is 200 Å². The summed E-state index contributed by atoms with van der Waals surface area (Å²) in [6.07, 6.45) is 0. The van der Waals surface area contributed by atoms with E-state index in [4.69, 9.17) is 0 Å². The van der Waals surface area contributed by atoms with Crippen LogP contribution in [0.1, 0.15) is 0 Å². The van der Waals surface area contributed by atoms with Gasteiger partial charge >= 0.3 is 0 Å². The number of hydrogen-bond acceptors (Lipinski definition) is 2. The van der Waals surface area contributed by atoms with Gasteiger partial charge < -0.3 is 4.90 Å². The van der Waals surface area contributed by atoms with Gasteiger partial charge in [-0.1, -0.05) is 152 Å². The molecule has 0 aliphatic heterocycles. The summed E-state index contributed by atoms with van der Waals surface area (Å²) in [6.45, 7) is 0. The summed E-state index contributed by atoms with van der Waals surface area (Å²) in [7, 11) is 0. The van der Waals surface area contributed by atoms with Crippen molar-refractivity contribution >= 4 is 48.6 Å². The monoisotopic (exact) mass is 727 g/mol. The van der Waals surface area contributed by atoms with Crippen LogP contribution in [0, 0.1) is 0 Å². The van der Waals surface area contributed by atoms with Crippen LogP contribution in [0.15, 0.2) is 200 Å². The molecule has 10 aromatic rings. The van der Waals surface area contributed by atoms with Gasteiger partial charge in [-0.3, -0.25) is 0 Å². The number of para-hydroxylation sites is 1. The molecule has 260 valence electrons. The summed E-state index contributed by atoms with van der Waals surface area (Å²) in [5.41, 5.74) is 21.3. The zero-order valence-electron chi connectivity index (χ0n) is 30.4. The molecule has 0 saturated heterocycles. The second-order valence-corrected chi connectivity index (χ2v) is 15.9. The highest BCUT2D eigenvalue weighted by Crippen LogP contribution is 2.57. The molecule has 0 amide bonds. The third-order valence-electron chi connectivity index (χ3n) is 11.8. The van der Waals surface area contributed by atoms with Crippen molar-refractivity contribution in [1.29, 1.82) is 0 Å². The molecule has 6 bridgehead atoms. The zero-order valence-corrected chi connectivity index (χ0v) is 31.2. The number of fused-ring (bicyclic) bond motifs is 7. The smallest absolute Gasteiger partial charge is 0.0540 e. The Hall–Kier alpha value is -7.00. The Bertz CT molecular complexity index is 3170. The summed E-state index contributed by atoms with van der Waals surface area (Å²) in [5, 5.41) is 2.59. The van der Waals surface area contributed by atoms with E-state index in [1.165, 1.54) is 98.1 Å². The standard InChI is InChI=1S/C54H33NS/c1-2-12-35(13-3-1)39-14-6-8-22-50(39)55(38-29-31-52-48(33-38)42-16-7-9-23-51(42)56-52)37-27-24-34(25-28-37)36-26-30-41-45-19-11-20-46-47-21-10-18-44(54(47)49(41)32-36)40-15-4-5-17-43(40)53(45)46/h1-33H. The zero-order chi connectivity index (χ0) is 36.7. The molecular formula is C54H33NS. The topological polar surface area (TPSA) is 3.24 Å². The number of nitrogens with zero attached hydrogens (tertiary/aromatic N) is 1. The predicted octanol–water partition coefficient (Wildman–Crippen LogP) is 15.8. The van der Waals surface area contributed by atoms with Gasteiger partial charge in [-0.05, 0) is 121 Å². The quantitative estimate of drug-likeness (QED) is 0.171. The molecule has 2 heteroatoms. The lowest BCUT2D eigenvalue weighted by Gasteiger charge is -2.28. The highest BCUT2D eigenvalue weighted by molar-refractivity contribution is 7.25. The molecule has 0 unspecified atom stereocenters. The number of benzene rings is 9. The van der Waals surface area contributed by atoms with Gasteiger partial charge in [-0.25, -0.2) is 0 Å². The maximum absolute atomic E-state index is 2.43. The molecule has 1 nitrogen and oxygen atoms in total. The van der Waals surface area contributed by atoms with E-state index in [1.807, 2.05) is 11.3 Å². The molecule has 1 heterocycles. The van der Waals surface area contributed by atoms with E-state index in [-0.39, 0.29) is 0 Å². The molecule has 0 spiro atoms. The second-order valence-electron chi connectivity index (χ2n) is 14.8. The fourth-order valence-electron chi connectivity index (χ4n) is 9.30. The van der Waals surface area contributed by atoms with Crippen molar-refractivity contribution in [1.82, 2.24) is 0 Å². The Morgan fingerprint density at radius 3 is 1.62 bits per heavy atom. The fraction of sp³-hybridized carbons (Fsp3) is 0. The highest BCUT2D eigenvalue weighted by Gasteiger charge is 2.30. The van der Waals surface area contributed by atoms with E-state index >= 15 is 0 Å². The minimum atomic E-state index is 1.12. The number of rotatable bonds is 5. The highest BCUT2D eigenvalue weighted by atomic mass is 32.1. The number of anilines is 3.